The van der Waals surface area contributed by atoms with Crippen LogP contribution in [0, 0.1) is 24.2 Å². The Morgan fingerprint density at radius 1 is 1.08 bits per heavy atom. The average molecular weight is 598 g/mol. The molecular formula is C25H30Cl2N6O5S. The summed E-state index contributed by atoms with van der Waals surface area (Å²) in [5.74, 6) is -1.67. The number of aryl methyl sites for hydroxylation is 1. The summed E-state index contributed by atoms with van der Waals surface area (Å²) in [5.41, 5.74) is 2.25. The van der Waals surface area contributed by atoms with Crippen molar-refractivity contribution >= 4 is 74.6 Å². The van der Waals surface area contributed by atoms with E-state index in [1.807, 2.05) is 4.90 Å². The van der Waals surface area contributed by atoms with Crippen LogP contribution in [0.3, 0.4) is 0 Å². The molecule has 2 unspecified atom stereocenters. The first-order valence-corrected chi connectivity index (χ1v) is 13.7. The standard InChI is InChI=1S/C25H30Cl2N6O5S/c1-14(2)22(34)29-21-12-18(6-7-20(21)30-31-23-19(13-28)17(5)32-39-23)33(8-10-37-24(35)15(3)26)9-11-38-25(36)16(4)27/h6-7,12,14-16H,8-11H2,1-5H3,(H,29,34). The minimum Gasteiger partial charge on any atom is -0.463 e. The number of carbonyl (C=O) groups excluding carboxylic acids is 3. The Morgan fingerprint density at radius 3 is 2.18 bits per heavy atom. The van der Waals surface area contributed by atoms with E-state index in [1.165, 1.54) is 13.8 Å². The van der Waals surface area contributed by atoms with Crippen LogP contribution in [0.5, 0.6) is 0 Å². The Balaban J connectivity index is 2.38. The number of amides is 1. The first-order chi connectivity index (χ1) is 18.4. The third kappa shape index (κ3) is 9.76. The molecule has 0 saturated carbocycles. The number of azo groups is 1. The van der Waals surface area contributed by atoms with E-state index in [0.29, 0.717) is 33.3 Å². The van der Waals surface area contributed by atoms with Crippen molar-refractivity contribution in [3.8, 4) is 6.07 Å². The Hall–Kier alpha value is -3.27. The fraction of sp³-hybridized carbons (Fsp3) is 0.480. The molecule has 0 saturated heterocycles. The van der Waals surface area contributed by atoms with Crippen LogP contribution < -0.4 is 10.2 Å². The van der Waals surface area contributed by atoms with E-state index < -0.39 is 22.7 Å². The number of anilines is 2. The molecule has 1 N–H and O–H groups in total. The quantitative estimate of drug-likeness (QED) is 0.181. The van der Waals surface area contributed by atoms with Crippen LogP contribution in [0.1, 0.15) is 39.0 Å². The van der Waals surface area contributed by atoms with Crippen molar-refractivity contribution in [1.29, 1.82) is 5.26 Å². The van der Waals surface area contributed by atoms with E-state index in [-0.39, 0.29) is 38.1 Å². The average Bonchev–Trinajstić information content (AvgIpc) is 3.25. The zero-order valence-electron chi connectivity index (χ0n) is 22.2. The van der Waals surface area contributed by atoms with E-state index in [0.717, 1.165) is 11.5 Å². The van der Waals surface area contributed by atoms with Gasteiger partial charge in [0.1, 0.15) is 41.3 Å². The molecule has 2 atom stereocenters. The largest absolute Gasteiger partial charge is 0.463 e. The molecule has 0 bridgehead atoms. The lowest BCUT2D eigenvalue weighted by atomic mass is 10.1. The molecule has 2 aromatic rings. The first-order valence-electron chi connectivity index (χ1n) is 12.0. The molecule has 0 aliphatic rings. The first kappa shape index (κ1) is 31.9. The second-order valence-electron chi connectivity index (χ2n) is 8.66. The Kier molecular flexibility index (Phi) is 12.6. The molecule has 0 aliphatic carbocycles. The third-order valence-electron chi connectivity index (χ3n) is 5.19. The number of nitrogens with zero attached hydrogens (tertiary/aromatic N) is 5. The maximum absolute atomic E-state index is 12.6. The summed E-state index contributed by atoms with van der Waals surface area (Å²) in [6, 6.07) is 7.15. The highest BCUT2D eigenvalue weighted by Crippen LogP contribution is 2.34. The van der Waals surface area contributed by atoms with Gasteiger partial charge in [0, 0.05) is 11.6 Å². The summed E-state index contributed by atoms with van der Waals surface area (Å²) >= 11 is 12.6. The molecule has 1 heterocycles. The van der Waals surface area contributed by atoms with E-state index >= 15 is 0 Å². The van der Waals surface area contributed by atoms with E-state index in [2.05, 4.69) is 26.0 Å². The highest BCUT2D eigenvalue weighted by Gasteiger charge is 2.18. The molecule has 0 radical (unpaired) electrons. The van der Waals surface area contributed by atoms with Crippen molar-refractivity contribution in [2.45, 2.75) is 45.4 Å². The van der Waals surface area contributed by atoms with Gasteiger partial charge in [-0.3, -0.25) is 14.4 Å². The predicted octanol–water partition coefficient (Wildman–Crippen LogP) is 5.48. The molecule has 0 fully saturated rings. The summed E-state index contributed by atoms with van der Waals surface area (Å²) in [6.45, 7) is 8.77. The van der Waals surface area contributed by atoms with Crippen molar-refractivity contribution in [3.63, 3.8) is 0 Å². The molecule has 2 rings (SSSR count). The zero-order valence-corrected chi connectivity index (χ0v) is 24.6. The number of carbonyl (C=O) groups is 3. The highest BCUT2D eigenvalue weighted by atomic mass is 35.5. The maximum atomic E-state index is 12.6. The summed E-state index contributed by atoms with van der Waals surface area (Å²) in [4.78, 5) is 38.0. The topological polar surface area (TPSA) is 146 Å². The highest BCUT2D eigenvalue weighted by molar-refractivity contribution is 7.10. The van der Waals surface area contributed by atoms with Crippen molar-refractivity contribution in [2.24, 2.45) is 16.1 Å². The number of aromatic nitrogens is 1. The number of ether oxygens (including phenoxy) is 2. The van der Waals surface area contributed by atoms with Crippen molar-refractivity contribution in [1.82, 2.24) is 4.37 Å². The van der Waals surface area contributed by atoms with Crippen LogP contribution in [0.4, 0.5) is 22.1 Å². The minimum absolute atomic E-state index is 0.0204. The molecule has 1 aromatic carbocycles. The van der Waals surface area contributed by atoms with Crippen LogP contribution in [0.2, 0.25) is 0 Å². The normalized spacial score (nSPS) is 12.6. The number of esters is 2. The van der Waals surface area contributed by atoms with Crippen molar-refractivity contribution in [2.75, 3.05) is 36.5 Å². The smallest absolute Gasteiger partial charge is 0.323 e. The number of benzene rings is 1. The van der Waals surface area contributed by atoms with Gasteiger partial charge in [0.2, 0.25) is 5.91 Å². The summed E-state index contributed by atoms with van der Waals surface area (Å²) in [6.07, 6.45) is 0. The zero-order chi connectivity index (χ0) is 29.1. The van der Waals surface area contributed by atoms with Gasteiger partial charge in [-0.1, -0.05) is 13.8 Å². The molecule has 14 heteroatoms. The van der Waals surface area contributed by atoms with E-state index in [9.17, 15) is 19.6 Å². The molecular weight excluding hydrogens is 567 g/mol. The van der Waals surface area contributed by atoms with Gasteiger partial charge in [-0.25, -0.2) is 0 Å². The summed E-state index contributed by atoms with van der Waals surface area (Å²) in [5, 5.41) is 19.4. The van der Waals surface area contributed by atoms with Crippen LogP contribution >= 0.6 is 34.7 Å². The van der Waals surface area contributed by atoms with Gasteiger partial charge in [-0.05, 0) is 50.5 Å². The van der Waals surface area contributed by atoms with Gasteiger partial charge in [0.25, 0.3) is 0 Å². The van der Waals surface area contributed by atoms with Gasteiger partial charge in [-0.2, -0.15) is 9.64 Å². The molecule has 39 heavy (non-hydrogen) atoms. The molecule has 1 aromatic heterocycles. The Labute approximate surface area is 241 Å². The lowest BCUT2D eigenvalue weighted by Gasteiger charge is -2.26. The maximum Gasteiger partial charge on any atom is 0.323 e. The van der Waals surface area contributed by atoms with Crippen LogP contribution in [-0.4, -0.2) is 59.3 Å². The monoisotopic (exact) mass is 596 g/mol. The Bertz CT molecular complexity index is 1220. The minimum atomic E-state index is -0.795. The third-order valence-corrected chi connectivity index (χ3v) is 6.37. The molecule has 0 spiro atoms. The van der Waals surface area contributed by atoms with Crippen molar-refractivity contribution < 1.29 is 23.9 Å². The number of rotatable bonds is 13. The number of hydrogen-bond acceptors (Lipinski definition) is 11. The second kappa shape index (κ2) is 15.4. The lowest BCUT2D eigenvalue weighted by molar-refractivity contribution is -0.142. The van der Waals surface area contributed by atoms with Crippen molar-refractivity contribution in [3.05, 3.63) is 29.5 Å². The number of alkyl halides is 2. The summed E-state index contributed by atoms with van der Waals surface area (Å²) in [7, 11) is 0. The van der Waals surface area contributed by atoms with Crippen LogP contribution in [0.15, 0.2) is 28.4 Å². The van der Waals surface area contributed by atoms with Gasteiger partial charge >= 0.3 is 11.9 Å². The molecule has 1 amide bonds. The number of nitrogens with one attached hydrogen (secondary N) is 1. The predicted molar refractivity (Wildman–Crippen MR) is 150 cm³/mol. The SMILES string of the molecule is Cc1nsc(N=Nc2ccc(N(CCOC(=O)C(C)Cl)CCOC(=O)C(C)Cl)cc2NC(=O)C(C)C)c1C#N. The summed E-state index contributed by atoms with van der Waals surface area (Å²) < 4.78 is 14.5. The van der Waals surface area contributed by atoms with Gasteiger partial charge in [0.15, 0.2) is 5.00 Å². The van der Waals surface area contributed by atoms with Gasteiger partial charge in [0.05, 0.1) is 24.5 Å². The number of halogens is 2. The number of nitriles is 1. The fourth-order valence-electron chi connectivity index (χ4n) is 2.95. The van der Waals surface area contributed by atoms with E-state index in [4.69, 9.17) is 32.7 Å². The fourth-order valence-corrected chi connectivity index (χ4v) is 3.75. The van der Waals surface area contributed by atoms with Crippen LogP contribution in [0.25, 0.3) is 0 Å². The molecule has 0 aliphatic heterocycles. The Morgan fingerprint density at radius 2 is 1.67 bits per heavy atom. The second-order valence-corrected chi connectivity index (χ2v) is 10.7. The van der Waals surface area contributed by atoms with E-state index in [1.54, 1.807) is 39.0 Å². The lowest BCUT2D eigenvalue weighted by Crippen LogP contribution is -2.33. The van der Waals surface area contributed by atoms with Crippen LogP contribution in [-0.2, 0) is 23.9 Å². The van der Waals surface area contributed by atoms with Gasteiger partial charge in [-0.15, -0.1) is 33.4 Å². The molecule has 210 valence electrons. The molecule has 11 nitrogen and oxygen atoms in total. The van der Waals surface area contributed by atoms with Gasteiger partial charge < -0.3 is 19.7 Å². The number of hydrogen-bond donors (Lipinski definition) is 1.